The van der Waals surface area contributed by atoms with E-state index in [1.165, 1.54) is 0 Å². The van der Waals surface area contributed by atoms with Crippen LogP contribution in [0, 0.1) is 11.8 Å². The third kappa shape index (κ3) is 4.03. The van der Waals surface area contributed by atoms with Crippen LogP contribution in [0.4, 0.5) is 0 Å². The molecule has 5 atom stereocenters. The Labute approximate surface area is 145 Å². The number of hydrogen-bond acceptors (Lipinski definition) is 4. The second kappa shape index (κ2) is 9.56. The Kier molecular flexibility index (Phi) is 9.70. The fourth-order valence-electron chi connectivity index (χ4n) is 3.97. The third-order valence-corrected chi connectivity index (χ3v) is 5.02. The summed E-state index contributed by atoms with van der Waals surface area (Å²) < 4.78 is 0. The first-order chi connectivity index (χ1) is 10.0. The van der Waals surface area contributed by atoms with Crippen LogP contribution in [0.25, 0.3) is 0 Å². The minimum absolute atomic E-state index is 0. The van der Waals surface area contributed by atoms with Crippen LogP contribution in [-0.4, -0.2) is 74.0 Å². The van der Waals surface area contributed by atoms with E-state index in [2.05, 4.69) is 0 Å². The highest BCUT2D eigenvalue weighted by Crippen LogP contribution is 2.43. The molecular weight excluding hydrogens is 334 g/mol. The van der Waals surface area contributed by atoms with Gasteiger partial charge in [0.1, 0.15) is 0 Å². The van der Waals surface area contributed by atoms with Crippen molar-refractivity contribution in [1.29, 1.82) is 0 Å². The molecule has 25 heavy (non-hydrogen) atoms. The summed E-state index contributed by atoms with van der Waals surface area (Å²) in [5.41, 5.74) is 0.532. The Morgan fingerprint density at radius 2 is 1.44 bits per heavy atom. The lowest BCUT2D eigenvalue weighted by atomic mass is 9.76. The molecule has 0 aromatic heterocycles. The lowest BCUT2D eigenvalue weighted by Crippen LogP contribution is -2.59. The van der Waals surface area contributed by atoms with Gasteiger partial charge in [0.15, 0.2) is 5.78 Å². The molecule has 3 rings (SSSR count). The summed E-state index contributed by atoms with van der Waals surface area (Å²) in [6, 6.07) is 8.55. The number of carboxylic acids is 1. The van der Waals surface area contributed by atoms with Crippen LogP contribution >= 0.6 is 0 Å². The van der Waals surface area contributed by atoms with Crippen LogP contribution in [0.15, 0.2) is 30.3 Å². The lowest BCUT2D eigenvalue weighted by Gasteiger charge is -2.43. The van der Waals surface area contributed by atoms with Crippen LogP contribution in [-0.2, 0) is 4.79 Å². The van der Waals surface area contributed by atoms with Crippen molar-refractivity contribution in [2.45, 2.75) is 31.0 Å². The monoisotopic (exact) mass is 361 g/mol. The van der Waals surface area contributed by atoms with Gasteiger partial charge in [-0.2, -0.15) is 0 Å². The van der Waals surface area contributed by atoms with E-state index in [0.29, 0.717) is 12.0 Å². The van der Waals surface area contributed by atoms with Gasteiger partial charge in [0.2, 0.25) is 0 Å². The molecule has 10 N–H and O–H groups in total. The minimum atomic E-state index is -1.12. The molecule has 0 amide bonds. The van der Waals surface area contributed by atoms with E-state index in [1.54, 1.807) is 24.3 Å². The first-order valence-corrected chi connectivity index (χ1v) is 7.24. The number of carboxylic acid groups (broad SMARTS) is 1. The Bertz CT molecular complexity index is 567. The van der Waals surface area contributed by atoms with E-state index in [0.717, 1.165) is 6.42 Å². The number of Topliss-reactive ketones (excluding diaryl/α,β-unsaturated/α-hetero) is 1. The Morgan fingerprint density at radius 3 is 1.92 bits per heavy atom. The summed E-state index contributed by atoms with van der Waals surface area (Å²) in [6.45, 7) is 0. The minimum Gasteiger partial charge on any atom is -0.481 e. The molecule has 2 aliphatic rings. The number of fused-ring (bicyclic) bond motifs is 2. The fraction of sp³-hybridized carbons (Fsp3) is 0.500. The van der Waals surface area contributed by atoms with Gasteiger partial charge in [-0.25, -0.2) is 0 Å². The van der Waals surface area contributed by atoms with Crippen LogP contribution in [0.2, 0.25) is 0 Å². The number of carbonyl (C=O) groups is 2. The molecule has 9 nitrogen and oxygen atoms in total. The SMILES string of the molecule is CN1[C@@H]2CC[C@H]1C(C(=O)c1ccccc1)[C@H](O)[C@@H]2C(=O)O.O.O.O.O. The molecular formula is C16H27NO8. The Balaban J connectivity index is 0. The fourth-order valence-corrected chi connectivity index (χ4v) is 3.97. The van der Waals surface area contributed by atoms with Gasteiger partial charge in [0.05, 0.1) is 17.9 Å². The van der Waals surface area contributed by atoms with Crippen LogP contribution < -0.4 is 0 Å². The number of piperidine rings is 1. The maximum absolute atomic E-state index is 12.7. The number of aliphatic carboxylic acids is 1. The highest BCUT2D eigenvalue weighted by atomic mass is 16.4. The summed E-state index contributed by atoms with van der Waals surface area (Å²) in [5, 5.41) is 19.9. The largest absolute Gasteiger partial charge is 0.481 e. The predicted molar refractivity (Wildman–Crippen MR) is 90.4 cm³/mol. The molecule has 0 saturated carbocycles. The second-order valence-electron chi connectivity index (χ2n) is 5.99. The third-order valence-electron chi connectivity index (χ3n) is 5.02. The van der Waals surface area contributed by atoms with Gasteiger partial charge in [-0.15, -0.1) is 0 Å². The normalized spacial score (nSPS) is 29.9. The highest BCUT2D eigenvalue weighted by Gasteiger charge is 2.55. The highest BCUT2D eigenvalue weighted by molar-refractivity contribution is 5.99. The maximum atomic E-state index is 12.7. The summed E-state index contributed by atoms with van der Waals surface area (Å²) in [6.07, 6.45) is 0.350. The molecule has 1 unspecified atom stereocenters. The Morgan fingerprint density at radius 1 is 0.960 bits per heavy atom. The number of hydrogen-bond donors (Lipinski definition) is 2. The summed E-state index contributed by atoms with van der Waals surface area (Å²) in [7, 11) is 1.86. The van der Waals surface area contributed by atoms with Crippen molar-refractivity contribution >= 4 is 11.8 Å². The van der Waals surface area contributed by atoms with Gasteiger partial charge in [-0.1, -0.05) is 30.3 Å². The zero-order valence-electron chi connectivity index (χ0n) is 13.8. The van der Waals surface area contributed by atoms with Crippen molar-refractivity contribution < 1.29 is 41.7 Å². The van der Waals surface area contributed by atoms with E-state index in [1.807, 2.05) is 18.0 Å². The number of ketones is 1. The number of rotatable bonds is 3. The van der Waals surface area contributed by atoms with Crippen molar-refractivity contribution in [1.82, 2.24) is 4.90 Å². The summed E-state index contributed by atoms with van der Waals surface area (Å²) in [4.78, 5) is 26.2. The quantitative estimate of drug-likeness (QED) is 0.569. The van der Waals surface area contributed by atoms with Crippen LogP contribution in [0.3, 0.4) is 0 Å². The van der Waals surface area contributed by atoms with E-state index < -0.39 is 23.9 Å². The number of carbonyl (C=O) groups excluding carboxylic acids is 1. The molecule has 2 aliphatic heterocycles. The maximum Gasteiger partial charge on any atom is 0.310 e. The molecule has 2 saturated heterocycles. The van der Waals surface area contributed by atoms with Crippen molar-refractivity contribution in [3.8, 4) is 0 Å². The van der Waals surface area contributed by atoms with Crippen molar-refractivity contribution in [3.05, 3.63) is 35.9 Å². The number of nitrogens with zero attached hydrogens (tertiary/aromatic N) is 1. The van der Waals surface area contributed by atoms with Gasteiger partial charge < -0.3 is 32.1 Å². The van der Waals surface area contributed by atoms with Crippen LogP contribution in [0.5, 0.6) is 0 Å². The van der Waals surface area contributed by atoms with E-state index in [9.17, 15) is 19.8 Å². The molecule has 9 heteroatoms. The zero-order chi connectivity index (χ0) is 15.1. The average Bonchev–Trinajstić information content (AvgIpc) is 2.74. The van der Waals surface area contributed by atoms with Crippen LogP contribution in [0.1, 0.15) is 23.2 Å². The van der Waals surface area contributed by atoms with Crippen molar-refractivity contribution in [2.24, 2.45) is 11.8 Å². The van der Waals surface area contributed by atoms with Gasteiger partial charge >= 0.3 is 5.97 Å². The first-order valence-electron chi connectivity index (χ1n) is 7.24. The molecule has 144 valence electrons. The first kappa shape index (κ1) is 25.4. The van der Waals surface area contributed by atoms with Gasteiger partial charge in [0, 0.05) is 17.6 Å². The van der Waals surface area contributed by atoms with Crippen molar-refractivity contribution in [2.75, 3.05) is 7.05 Å². The standard InChI is InChI=1S/C16H19NO4.4H2O/c1-17-10-7-8-11(17)13(16(20)21)15(19)12(10)14(18)9-5-3-2-4-6-9;;;;/h2-6,10-13,15,19H,7-8H2,1H3,(H,20,21);4*1H2/t10-,11+,12?,13+,15-;;;;/m0..../s1. The van der Waals surface area contributed by atoms with E-state index >= 15 is 0 Å². The number of aliphatic hydroxyl groups is 1. The molecule has 1 aromatic carbocycles. The summed E-state index contributed by atoms with van der Waals surface area (Å²) in [5.74, 6) is -2.75. The number of aliphatic hydroxyl groups excluding tert-OH is 1. The smallest absolute Gasteiger partial charge is 0.310 e. The van der Waals surface area contributed by atoms with Gasteiger partial charge in [-0.3, -0.25) is 14.5 Å². The Hall–Kier alpha value is -1.88. The molecule has 2 heterocycles. The molecule has 0 radical (unpaired) electrons. The molecule has 0 spiro atoms. The van der Waals surface area contributed by atoms with Gasteiger partial charge in [0.25, 0.3) is 0 Å². The molecule has 1 aromatic rings. The summed E-state index contributed by atoms with van der Waals surface area (Å²) >= 11 is 0. The number of benzene rings is 1. The van der Waals surface area contributed by atoms with Gasteiger partial charge in [-0.05, 0) is 19.9 Å². The molecule has 2 fully saturated rings. The topological polar surface area (TPSA) is 204 Å². The lowest BCUT2D eigenvalue weighted by molar-refractivity contribution is -0.154. The van der Waals surface area contributed by atoms with E-state index in [-0.39, 0.29) is 39.8 Å². The predicted octanol–water partition coefficient (Wildman–Crippen LogP) is -2.28. The average molecular weight is 361 g/mol. The molecule has 2 bridgehead atoms. The molecule has 0 aliphatic carbocycles. The zero-order valence-corrected chi connectivity index (χ0v) is 13.8. The van der Waals surface area contributed by atoms with E-state index in [4.69, 9.17) is 0 Å². The second-order valence-corrected chi connectivity index (χ2v) is 5.99. The van der Waals surface area contributed by atoms with Crippen molar-refractivity contribution in [3.63, 3.8) is 0 Å².